The molecule has 1 atom stereocenters. The molecule has 1 unspecified atom stereocenters. The van der Waals surface area contributed by atoms with E-state index in [0.717, 1.165) is 70.6 Å². The molecule has 0 fully saturated rings. The zero-order chi connectivity index (χ0) is 54.3. The minimum absolute atomic E-state index is 0.0995. The first-order valence-electron chi connectivity index (χ1n) is 32.1. The van der Waals surface area contributed by atoms with Gasteiger partial charge in [0.05, 0.1) is 0 Å². The van der Waals surface area contributed by atoms with Gasteiger partial charge >= 0.3 is 17.9 Å². The lowest BCUT2D eigenvalue weighted by Crippen LogP contribution is -2.30. The van der Waals surface area contributed by atoms with Crippen LogP contribution in [0.2, 0.25) is 0 Å². The van der Waals surface area contributed by atoms with Crippen LogP contribution in [0.25, 0.3) is 0 Å². The Labute approximate surface area is 465 Å². The lowest BCUT2D eigenvalue weighted by atomic mass is 10.0. The van der Waals surface area contributed by atoms with Crippen molar-refractivity contribution >= 4 is 17.9 Å². The molecule has 0 aliphatic rings. The number of esters is 3. The SMILES string of the molecule is CC/C=C\C/C=C\C/C=C\C/C=C\CCC(=O)OCC(COC(=O)CCCCCCCCCCCCC/C=C\CCCCCCCCCC)OC(=O)CCCCCCCCCCC/C=C\C/C=C\CCCCCCC. The molecular weight excluding hydrogens is 925 g/mol. The van der Waals surface area contributed by atoms with Crippen molar-refractivity contribution in [2.75, 3.05) is 13.2 Å². The number of hydrogen-bond acceptors (Lipinski definition) is 6. The summed E-state index contributed by atoms with van der Waals surface area (Å²) in [5, 5.41) is 0. The fourth-order valence-electron chi connectivity index (χ4n) is 9.07. The summed E-state index contributed by atoms with van der Waals surface area (Å²) in [7, 11) is 0. The van der Waals surface area contributed by atoms with Crippen LogP contribution in [0, 0.1) is 0 Å². The van der Waals surface area contributed by atoms with Gasteiger partial charge < -0.3 is 14.2 Å². The number of unbranched alkanes of at least 4 members (excludes halogenated alkanes) is 33. The summed E-state index contributed by atoms with van der Waals surface area (Å²) in [6.45, 7) is 6.48. The molecular formula is C69H120O6. The Morgan fingerprint density at radius 2 is 0.547 bits per heavy atom. The van der Waals surface area contributed by atoms with Gasteiger partial charge in [-0.3, -0.25) is 14.4 Å². The largest absolute Gasteiger partial charge is 0.462 e. The van der Waals surface area contributed by atoms with Crippen molar-refractivity contribution in [2.24, 2.45) is 0 Å². The van der Waals surface area contributed by atoms with Gasteiger partial charge in [-0.25, -0.2) is 0 Å². The van der Waals surface area contributed by atoms with Crippen molar-refractivity contribution < 1.29 is 28.6 Å². The minimum Gasteiger partial charge on any atom is -0.462 e. The van der Waals surface area contributed by atoms with Gasteiger partial charge in [0.15, 0.2) is 6.10 Å². The van der Waals surface area contributed by atoms with E-state index in [2.05, 4.69) is 99.8 Å². The highest BCUT2D eigenvalue weighted by Gasteiger charge is 2.19. The van der Waals surface area contributed by atoms with Crippen molar-refractivity contribution in [1.82, 2.24) is 0 Å². The summed E-state index contributed by atoms with van der Waals surface area (Å²) < 4.78 is 16.8. The normalized spacial score (nSPS) is 12.6. The number of ether oxygens (including phenoxy) is 3. The third-order valence-electron chi connectivity index (χ3n) is 13.9. The topological polar surface area (TPSA) is 78.9 Å². The van der Waals surface area contributed by atoms with E-state index >= 15 is 0 Å². The molecule has 0 aliphatic carbocycles. The average molecular weight is 1050 g/mol. The molecule has 432 valence electrons. The summed E-state index contributed by atoms with van der Waals surface area (Å²) >= 11 is 0. The Bertz CT molecular complexity index is 1430. The van der Waals surface area contributed by atoms with Gasteiger partial charge in [0.25, 0.3) is 0 Å². The van der Waals surface area contributed by atoms with Gasteiger partial charge in [-0.05, 0) is 103 Å². The second kappa shape index (κ2) is 63.1. The minimum atomic E-state index is -0.809. The first-order chi connectivity index (χ1) is 37.0. The Morgan fingerprint density at radius 3 is 0.907 bits per heavy atom. The predicted molar refractivity (Wildman–Crippen MR) is 325 cm³/mol. The quantitative estimate of drug-likeness (QED) is 0.0261. The molecule has 0 saturated carbocycles. The summed E-state index contributed by atoms with van der Waals surface area (Å²) in [5.74, 6) is -0.979. The van der Waals surface area contributed by atoms with Crippen LogP contribution in [0.3, 0.4) is 0 Å². The Hall–Kier alpha value is -3.41. The van der Waals surface area contributed by atoms with E-state index in [1.165, 1.54) is 199 Å². The van der Waals surface area contributed by atoms with Gasteiger partial charge in [-0.2, -0.15) is 0 Å². The van der Waals surface area contributed by atoms with Crippen molar-refractivity contribution in [1.29, 1.82) is 0 Å². The Morgan fingerprint density at radius 1 is 0.280 bits per heavy atom. The summed E-state index contributed by atoms with van der Waals surface area (Å²) in [5.41, 5.74) is 0. The number of hydrogen-bond donors (Lipinski definition) is 0. The maximum Gasteiger partial charge on any atom is 0.306 e. The summed E-state index contributed by atoms with van der Waals surface area (Å²) in [6, 6.07) is 0. The summed E-state index contributed by atoms with van der Waals surface area (Å²) in [4.78, 5) is 38.2. The highest BCUT2D eigenvalue weighted by atomic mass is 16.6. The summed E-state index contributed by atoms with van der Waals surface area (Å²) in [6.07, 6.45) is 83.2. The molecule has 0 spiro atoms. The molecule has 6 nitrogen and oxygen atoms in total. The van der Waals surface area contributed by atoms with E-state index in [-0.39, 0.29) is 37.5 Å². The number of allylic oxidation sites excluding steroid dienone is 14. The first kappa shape index (κ1) is 71.6. The van der Waals surface area contributed by atoms with Crippen LogP contribution in [-0.4, -0.2) is 37.2 Å². The number of carbonyl (C=O) groups excluding carboxylic acids is 3. The van der Waals surface area contributed by atoms with E-state index in [1.807, 2.05) is 6.08 Å². The fraction of sp³-hybridized carbons (Fsp3) is 0.754. The fourth-order valence-corrected chi connectivity index (χ4v) is 9.07. The Balaban J connectivity index is 4.35. The van der Waals surface area contributed by atoms with Gasteiger partial charge in [-0.1, -0.05) is 279 Å². The van der Waals surface area contributed by atoms with Crippen LogP contribution in [0.15, 0.2) is 85.1 Å². The Kier molecular flexibility index (Phi) is 60.3. The number of carbonyl (C=O) groups is 3. The van der Waals surface area contributed by atoms with E-state index in [9.17, 15) is 14.4 Å². The second-order valence-corrected chi connectivity index (χ2v) is 21.3. The van der Waals surface area contributed by atoms with Crippen molar-refractivity contribution in [3.8, 4) is 0 Å². The molecule has 0 amide bonds. The lowest BCUT2D eigenvalue weighted by Gasteiger charge is -2.18. The van der Waals surface area contributed by atoms with Gasteiger partial charge in [-0.15, -0.1) is 0 Å². The van der Waals surface area contributed by atoms with Crippen LogP contribution in [0.1, 0.15) is 316 Å². The monoisotopic (exact) mass is 1040 g/mol. The van der Waals surface area contributed by atoms with E-state index in [1.54, 1.807) is 0 Å². The highest BCUT2D eigenvalue weighted by Crippen LogP contribution is 2.16. The van der Waals surface area contributed by atoms with Crippen molar-refractivity contribution in [3.05, 3.63) is 85.1 Å². The van der Waals surface area contributed by atoms with E-state index in [4.69, 9.17) is 14.2 Å². The van der Waals surface area contributed by atoms with Crippen molar-refractivity contribution in [3.63, 3.8) is 0 Å². The van der Waals surface area contributed by atoms with Crippen LogP contribution in [0.5, 0.6) is 0 Å². The van der Waals surface area contributed by atoms with Crippen LogP contribution >= 0.6 is 0 Å². The first-order valence-corrected chi connectivity index (χ1v) is 32.1. The molecule has 0 aromatic heterocycles. The molecule has 0 N–H and O–H groups in total. The highest BCUT2D eigenvalue weighted by molar-refractivity contribution is 5.71. The van der Waals surface area contributed by atoms with Crippen LogP contribution in [-0.2, 0) is 28.6 Å². The maximum absolute atomic E-state index is 12.9. The third-order valence-corrected chi connectivity index (χ3v) is 13.9. The standard InChI is InChI=1S/C69H120O6/c1-4-7-10-13-16-19-22-25-27-29-31-33-34-36-37-39-41-44-47-50-53-56-59-62-68(71)74-65-66(64-73-67(70)61-58-55-52-49-46-43-24-21-18-15-12-9-6-3)75-69(72)63-60-57-54-51-48-45-42-40-38-35-32-30-28-26-23-20-17-14-11-8-5-2/h9,12,18,21,23,26,29-32,43,46,52,55,66H,4-8,10-11,13-17,19-20,22,24-25,27-28,33-42,44-45,47-51,53-54,56-65H2,1-3H3/b12-9-,21-18-,26-23-,31-29-,32-30-,46-43-,55-52-. The van der Waals surface area contributed by atoms with Crippen molar-refractivity contribution in [2.45, 2.75) is 322 Å². The second-order valence-electron chi connectivity index (χ2n) is 21.3. The van der Waals surface area contributed by atoms with Crippen LogP contribution < -0.4 is 0 Å². The predicted octanol–water partition coefficient (Wildman–Crippen LogP) is 21.9. The van der Waals surface area contributed by atoms with E-state index < -0.39 is 6.10 Å². The maximum atomic E-state index is 12.9. The van der Waals surface area contributed by atoms with Gasteiger partial charge in [0.2, 0.25) is 0 Å². The average Bonchev–Trinajstić information content (AvgIpc) is 3.41. The molecule has 0 saturated heterocycles. The zero-order valence-corrected chi connectivity index (χ0v) is 49.6. The molecule has 0 aliphatic heterocycles. The molecule has 6 heteroatoms. The molecule has 0 heterocycles. The van der Waals surface area contributed by atoms with Crippen LogP contribution in [0.4, 0.5) is 0 Å². The lowest BCUT2D eigenvalue weighted by molar-refractivity contribution is -0.166. The molecule has 0 aromatic rings. The number of rotatable bonds is 58. The molecule has 0 aromatic carbocycles. The van der Waals surface area contributed by atoms with Gasteiger partial charge in [0, 0.05) is 19.3 Å². The smallest absolute Gasteiger partial charge is 0.306 e. The van der Waals surface area contributed by atoms with Gasteiger partial charge in [0.1, 0.15) is 13.2 Å². The molecule has 75 heavy (non-hydrogen) atoms. The van der Waals surface area contributed by atoms with E-state index in [0.29, 0.717) is 19.3 Å². The molecule has 0 bridgehead atoms. The third kappa shape index (κ3) is 61.3. The molecule has 0 radical (unpaired) electrons. The zero-order valence-electron chi connectivity index (χ0n) is 49.6. The molecule has 0 rings (SSSR count).